The Kier molecular flexibility index (Phi) is 9.18. The summed E-state index contributed by atoms with van der Waals surface area (Å²) in [6.45, 7) is 0. The van der Waals surface area contributed by atoms with Crippen molar-refractivity contribution >= 4 is 10.8 Å². The van der Waals surface area contributed by atoms with Gasteiger partial charge in [0.15, 0.2) is 11.6 Å². The lowest BCUT2D eigenvalue weighted by Crippen LogP contribution is -1.96. The summed E-state index contributed by atoms with van der Waals surface area (Å²) in [6.07, 6.45) is 0. The molecule has 0 unspecified atom stereocenters. The van der Waals surface area contributed by atoms with Crippen molar-refractivity contribution in [3.8, 4) is 90.1 Å². The van der Waals surface area contributed by atoms with Crippen LogP contribution in [0.2, 0.25) is 0 Å². The Morgan fingerprint density at radius 3 is 0.845 bits per heavy atom. The van der Waals surface area contributed by atoms with E-state index in [-0.39, 0.29) is 0 Å². The number of rotatable bonds is 8. The highest BCUT2D eigenvalue weighted by atomic mass is 14.9. The predicted octanol–water partition coefficient (Wildman–Crippen LogP) is 13.8. The molecule has 2 heterocycles. The summed E-state index contributed by atoms with van der Waals surface area (Å²) in [5.41, 5.74) is 14.4. The maximum atomic E-state index is 5.02. The van der Waals surface area contributed by atoms with Gasteiger partial charge in [-0.25, -0.2) is 19.9 Å². The molecule has 272 valence electrons. The Morgan fingerprint density at radius 1 is 0.190 bits per heavy atom. The van der Waals surface area contributed by atoms with Crippen LogP contribution in [0.25, 0.3) is 101 Å². The van der Waals surface area contributed by atoms with Gasteiger partial charge in [0.2, 0.25) is 0 Å². The van der Waals surface area contributed by atoms with Gasteiger partial charge in [-0.1, -0.05) is 194 Å². The second-order valence-electron chi connectivity index (χ2n) is 14.3. The molecule has 10 rings (SSSR count). The fraction of sp³-hybridized carbons (Fsp3) is 0. The number of fused-ring (bicyclic) bond motifs is 1. The zero-order valence-electron chi connectivity index (χ0n) is 31.6. The van der Waals surface area contributed by atoms with Crippen LogP contribution in [0.4, 0.5) is 0 Å². The third-order valence-electron chi connectivity index (χ3n) is 10.5. The van der Waals surface area contributed by atoms with E-state index in [1.165, 1.54) is 10.8 Å². The molecule has 8 aromatic carbocycles. The fourth-order valence-corrected chi connectivity index (χ4v) is 7.41. The first kappa shape index (κ1) is 34.7. The lowest BCUT2D eigenvalue weighted by Gasteiger charge is -2.11. The first-order valence-corrected chi connectivity index (χ1v) is 19.5. The molecule has 10 aromatic rings. The second-order valence-corrected chi connectivity index (χ2v) is 14.3. The average molecular weight is 741 g/mol. The van der Waals surface area contributed by atoms with Crippen LogP contribution in [0.5, 0.6) is 0 Å². The third-order valence-corrected chi connectivity index (χ3v) is 10.5. The van der Waals surface area contributed by atoms with E-state index in [2.05, 4.69) is 146 Å². The number of hydrogen-bond acceptors (Lipinski definition) is 4. The lowest BCUT2D eigenvalue weighted by atomic mass is 9.96. The molecule has 0 aliphatic carbocycles. The van der Waals surface area contributed by atoms with Crippen molar-refractivity contribution in [3.63, 3.8) is 0 Å². The summed E-state index contributed by atoms with van der Waals surface area (Å²) in [5, 5.41) is 2.38. The van der Waals surface area contributed by atoms with Gasteiger partial charge < -0.3 is 0 Å². The van der Waals surface area contributed by atoms with Crippen molar-refractivity contribution in [2.45, 2.75) is 0 Å². The minimum absolute atomic E-state index is 0.703. The number of benzene rings is 8. The smallest absolute Gasteiger partial charge is 0.160 e. The summed E-state index contributed by atoms with van der Waals surface area (Å²) in [7, 11) is 0. The minimum Gasteiger partial charge on any atom is -0.228 e. The van der Waals surface area contributed by atoms with E-state index in [1.807, 2.05) is 72.8 Å². The van der Waals surface area contributed by atoms with Gasteiger partial charge in [-0.05, 0) is 57.3 Å². The van der Waals surface area contributed by atoms with Crippen LogP contribution < -0.4 is 0 Å². The molecule has 0 fully saturated rings. The maximum Gasteiger partial charge on any atom is 0.160 e. The topological polar surface area (TPSA) is 51.6 Å². The summed E-state index contributed by atoms with van der Waals surface area (Å²) < 4.78 is 0. The first-order chi connectivity index (χ1) is 28.7. The Hall–Kier alpha value is -7.82. The van der Waals surface area contributed by atoms with Crippen molar-refractivity contribution in [2.24, 2.45) is 0 Å². The number of nitrogens with zero attached hydrogens (tertiary/aromatic N) is 4. The van der Waals surface area contributed by atoms with Crippen LogP contribution in [0.1, 0.15) is 0 Å². The first-order valence-electron chi connectivity index (χ1n) is 19.5. The Balaban J connectivity index is 0.941. The number of aromatic nitrogens is 4. The standard InChI is InChI=1S/C54H36N4/c1-5-13-40(14-6-1)49-35-50(41-15-7-2-8-16-41)57-54(56-49)45-29-23-38(24-30-45)47-32-26-39-25-31-46(33-48(39)34-47)37-21-27-43(28-22-37)52-36-51(42-17-9-3-10-18-42)55-53(58-52)44-19-11-4-12-20-44/h1-36H. The second kappa shape index (κ2) is 15.4. The maximum absolute atomic E-state index is 5.02. The molecule has 4 nitrogen and oxygen atoms in total. The predicted molar refractivity (Wildman–Crippen MR) is 239 cm³/mol. The molecule has 2 aromatic heterocycles. The number of hydrogen-bond donors (Lipinski definition) is 0. The summed E-state index contributed by atoms with van der Waals surface area (Å²) in [4.78, 5) is 20.0. The van der Waals surface area contributed by atoms with Crippen molar-refractivity contribution in [1.82, 2.24) is 19.9 Å². The molecule has 0 saturated carbocycles. The van der Waals surface area contributed by atoms with E-state index in [1.54, 1.807) is 0 Å². The Labute approximate surface area is 337 Å². The molecule has 0 radical (unpaired) electrons. The van der Waals surface area contributed by atoms with E-state index in [9.17, 15) is 0 Å². The molecule has 0 aliphatic heterocycles. The van der Waals surface area contributed by atoms with E-state index in [0.29, 0.717) is 11.6 Å². The third kappa shape index (κ3) is 7.18. The van der Waals surface area contributed by atoms with Crippen LogP contribution in [0, 0.1) is 0 Å². The molecule has 0 amide bonds. The van der Waals surface area contributed by atoms with Gasteiger partial charge in [-0.3, -0.25) is 0 Å². The molecule has 4 heteroatoms. The molecule has 0 spiro atoms. The molecule has 0 bridgehead atoms. The van der Waals surface area contributed by atoms with Gasteiger partial charge in [-0.2, -0.15) is 0 Å². The van der Waals surface area contributed by atoms with E-state index >= 15 is 0 Å². The van der Waals surface area contributed by atoms with Gasteiger partial charge in [-0.15, -0.1) is 0 Å². The monoisotopic (exact) mass is 740 g/mol. The largest absolute Gasteiger partial charge is 0.228 e. The normalized spacial score (nSPS) is 11.1. The van der Waals surface area contributed by atoms with Crippen LogP contribution in [-0.4, -0.2) is 19.9 Å². The molecular formula is C54H36N4. The molecule has 0 atom stereocenters. The van der Waals surface area contributed by atoms with Crippen LogP contribution >= 0.6 is 0 Å². The molecule has 0 saturated heterocycles. The highest BCUT2D eigenvalue weighted by Gasteiger charge is 2.13. The highest BCUT2D eigenvalue weighted by Crippen LogP contribution is 2.33. The van der Waals surface area contributed by atoms with Gasteiger partial charge in [0.05, 0.1) is 22.8 Å². The van der Waals surface area contributed by atoms with E-state index in [0.717, 1.165) is 78.4 Å². The van der Waals surface area contributed by atoms with Crippen molar-refractivity contribution in [3.05, 3.63) is 218 Å². The van der Waals surface area contributed by atoms with E-state index in [4.69, 9.17) is 19.9 Å². The molecule has 0 N–H and O–H groups in total. The van der Waals surface area contributed by atoms with Gasteiger partial charge in [0.25, 0.3) is 0 Å². The average Bonchev–Trinajstić information content (AvgIpc) is 3.32. The van der Waals surface area contributed by atoms with Crippen LogP contribution in [-0.2, 0) is 0 Å². The van der Waals surface area contributed by atoms with E-state index < -0.39 is 0 Å². The summed E-state index contributed by atoms with van der Waals surface area (Å²) in [6, 6.07) is 75.8. The van der Waals surface area contributed by atoms with Crippen LogP contribution in [0.3, 0.4) is 0 Å². The molecular weight excluding hydrogens is 705 g/mol. The molecule has 0 aliphatic rings. The minimum atomic E-state index is 0.703. The van der Waals surface area contributed by atoms with Gasteiger partial charge in [0, 0.05) is 33.4 Å². The zero-order valence-corrected chi connectivity index (χ0v) is 31.6. The highest BCUT2D eigenvalue weighted by molar-refractivity contribution is 5.91. The molecule has 58 heavy (non-hydrogen) atoms. The fourth-order valence-electron chi connectivity index (χ4n) is 7.41. The zero-order chi connectivity index (χ0) is 38.7. The summed E-state index contributed by atoms with van der Waals surface area (Å²) in [5.74, 6) is 1.41. The van der Waals surface area contributed by atoms with Crippen LogP contribution in [0.15, 0.2) is 218 Å². The SMILES string of the molecule is c1ccc(-c2cc(-c3ccc(-c4ccc5ccc(-c6ccc(-c7nc(-c8ccccc8)cc(-c8ccccc8)n7)cc6)cc5c4)cc3)nc(-c3ccccc3)n2)cc1. The van der Waals surface area contributed by atoms with Crippen molar-refractivity contribution < 1.29 is 0 Å². The quantitative estimate of drug-likeness (QED) is 0.156. The lowest BCUT2D eigenvalue weighted by molar-refractivity contribution is 1.18. The van der Waals surface area contributed by atoms with Crippen molar-refractivity contribution in [1.29, 1.82) is 0 Å². The van der Waals surface area contributed by atoms with Gasteiger partial charge >= 0.3 is 0 Å². The van der Waals surface area contributed by atoms with Crippen molar-refractivity contribution in [2.75, 3.05) is 0 Å². The Bertz CT molecular complexity index is 2680. The Morgan fingerprint density at radius 2 is 0.466 bits per heavy atom. The van der Waals surface area contributed by atoms with Gasteiger partial charge in [0.1, 0.15) is 0 Å². The summed E-state index contributed by atoms with van der Waals surface area (Å²) >= 11 is 0.